The molecule has 12 nitrogen and oxygen atoms in total. The summed E-state index contributed by atoms with van der Waals surface area (Å²) in [4.78, 5) is 57.7. The summed E-state index contributed by atoms with van der Waals surface area (Å²) in [6, 6.07) is 15.5. The van der Waals surface area contributed by atoms with Crippen LogP contribution < -0.4 is 9.80 Å². The zero-order chi connectivity index (χ0) is 26.8. The van der Waals surface area contributed by atoms with Gasteiger partial charge < -0.3 is 14.2 Å². The van der Waals surface area contributed by atoms with Gasteiger partial charge >= 0.3 is 11.9 Å². The van der Waals surface area contributed by atoms with Gasteiger partial charge in [-0.25, -0.2) is 9.78 Å². The molecule has 3 aromatic rings. The second-order valence-corrected chi connectivity index (χ2v) is 7.32. The standard InChI is InChI=1S/C25H23N3O9/c1-3-35-23(30)14-22(29)27(36-16-17-7-5-4-6-8-17)24-21(25(31)34-2)13-20(15-26-24)37-19-11-9-18(10-12-19)28(32)33/h4-13,15H,3,14,16H2,1-2H3. The van der Waals surface area contributed by atoms with Crippen molar-refractivity contribution in [2.75, 3.05) is 18.8 Å². The first-order valence-corrected chi connectivity index (χ1v) is 11.0. The molecule has 0 bridgehead atoms. The lowest BCUT2D eigenvalue weighted by Crippen LogP contribution is -2.35. The minimum atomic E-state index is -0.853. The Labute approximate surface area is 211 Å². The fraction of sp³-hybridized carbons (Fsp3) is 0.200. The minimum Gasteiger partial charge on any atom is -0.466 e. The van der Waals surface area contributed by atoms with Gasteiger partial charge in [-0.1, -0.05) is 30.3 Å². The molecule has 0 N–H and O–H groups in total. The fourth-order valence-corrected chi connectivity index (χ4v) is 3.06. The van der Waals surface area contributed by atoms with Gasteiger partial charge in [-0.05, 0) is 24.6 Å². The van der Waals surface area contributed by atoms with Crippen molar-refractivity contribution in [2.24, 2.45) is 0 Å². The van der Waals surface area contributed by atoms with Crippen molar-refractivity contribution in [1.29, 1.82) is 0 Å². The number of pyridine rings is 1. The average Bonchev–Trinajstić information content (AvgIpc) is 2.90. The Morgan fingerprint density at radius 3 is 2.35 bits per heavy atom. The lowest BCUT2D eigenvalue weighted by Gasteiger charge is -2.23. The van der Waals surface area contributed by atoms with E-state index >= 15 is 0 Å². The summed E-state index contributed by atoms with van der Waals surface area (Å²) in [5.41, 5.74) is 0.406. The Morgan fingerprint density at radius 2 is 1.73 bits per heavy atom. The van der Waals surface area contributed by atoms with E-state index in [4.69, 9.17) is 19.0 Å². The monoisotopic (exact) mass is 509 g/mol. The molecule has 0 aliphatic rings. The number of ether oxygens (including phenoxy) is 3. The number of rotatable bonds is 11. The van der Waals surface area contributed by atoms with Gasteiger partial charge in [-0.3, -0.25) is 24.5 Å². The number of hydrogen-bond acceptors (Lipinski definition) is 10. The summed E-state index contributed by atoms with van der Waals surface area (Å²) in [6.45, 7) is 1.61. The molecule has 2 aromatic carbocycles. The zero-order valence-electron chi connectivity index (χ0n) is 20.0. The Morgan fingerprint density at radius 1 is 1.03 bits per heavy atom. The van der Waals surface area contributed by atoms with E-state index in [0.29, 0.717) is 5.56 Å². The topological polar surface area (TPSA) is 147 Å². The van der Waals surface area contributed by atoms with Crippen LogP contribution in [0.15, 0.2) is 66.9 Å². The summed E-state index contributed by atoms with van der Waals surface area (Å²) in [5, 5.41) is 11.6. The van der Waals surface area contributed by atoms with Gasteiger partial charge in [0.1, 0.15) is 30.1 Å². The van der Waals surface area contributed by atoms with Crippen LogP contribution in [0, 0.1) is 10.1 Å². The highest BCUT2D eigenvalue weighted by Crippen LogP contribution is 2.29. The third kappa shape index (κ3) is 7.32. The first-order valence-electron chi connectivity index (χ1n) is 11.0. The quantitative estimate of drug-likeness (QED) is 0.161. The fourth-order valence-electron chi connectivity index (χ4n) is 3.06. The first-order chi connectivity index (χ1) is 17.8. The smallest absolute Gasteiger partial charge is 0.341 e. The van der Waals surface area contributed by atoms with Gasteiger partial charge in [-0.2, -0.15) is 5.06 Å². The number of nitrogens with zero attached hydrogens (tertiary/aromatic N) is 3. The summed E-state index contributed by atoms with van der Waals surface area (Å²) in [6.07, 6.45) is 0.561. The van der Waals surface area contributed by atoms with E-state index in [9.17, 15) is 24.5 Å². The number of carbonyl (C=O) groups is 3. The normalized spacial score (nSPS) is 10.3. The average molecular weight is 509 g/mol. The molecular weight excluding hydrogens is 486 g/mol. The van der Waals surface area contributed by atoms with Crippen LogP contribution >= 0.6 is 0 Å². The van der Waals surface area contributed by atoms with Crippen LogP contribution in [0.5, 0.6) is 11.5 Å². The Bertz CT molecular complexity index is 1260. The van der Waals surface area contributed by atoms with Crippen LogP contribution in [0.2, 0.25) is 0 Å². The van der Waals surface area contributed by atoms with E-state index in [0.717, 1.165) is 12.2 Å². The largest absolute Gasteiger partial charge is 0.466 e. The van der Waals surface area contributed by atoms with Gasteiger partial charge in [0.15, 0.2) is 5.82 Å². The third-order valence-electron chi connectivity index (χ3n) is 4.75. The van der Waals surface area contributed by atoms with Crippen molar-refractivity contribution in [3.8, 4) is 11.5 Å². The lowest BCUT2D eigenvalue weighted by atomic mass is 10.2. The molecule has 192 valence electrons. The molecule has 0 aliphatic carbocycles. The van der Waals surface area contributed by atoms with Crippen molar-refractivity contribution < 1.29 is 38.4 Å². The molecule has 0 saturated heterocycles. The summed E-state index contributed by atoms with van der Waals surface area (Å²) in [7, 11) is 1.14. The molecule has 1 heterocycles. The molecule has 1 aromatic heterocycles. The minimum absolute atomic E-state index is 0.0707. The van der Waals surface area contributed by atoms with Gasteiger partial charge in [0, 0.05) is 18.2 Å². The highest BCUT2D eigenvalue weighted by atomic mass is 16.7. The number of benzene rings is 2. The SMILES string of the molecule is CCOC(=O)CC(=O)N(OCc1ccccc1)c1ncc(Oc2ccc([N+](=O)[O-])cc2)cc1C(=O)OC. The highest BCUT2D eigenvalue weighted by molar-refractivity contribution is 6.05. The second kappa shape index (κ2) is 12.7. The van der Waals surface area contributed by atoms with E-state index in [1.807, 2.05) is 6.07 Å². The molecule has 3 rings (SSSR count). The van der Waals surface area contributed by atoms with Gasteiger partial charge in [-0.15, -0.1) is 0 Å². The number of nitro benzene ring substituents is 1. The van der Waals surface area contributed by atoms with E-state index in [1.165, 1.54) is 36.5 Å². The summed E-state index contributed by atoms with van der Waals surface area (Å²) >= 11 is 0. The number of esters is 2. The first kappa shape index (κ1) is 26.8. The predicted molar refractivity (Wildman–Crippen MR) is 129 cm³/mol. The number of anilines is 1. The lowest BCUT2D eigenvalue weighted by molar-refractivity contribution is -0.384. The molecule has 0 fully saturated rings. The van der Waals surface area contributed by atoms with Crippen molar-refractivity contribution in [3.63, 3.8) is 0 Å². The van der Waals surface area contributed by atoms with Crippen LogP contribution in [0.25, 0.3) is 0 Å². The van der Waals surface area contributed by atoms with E-state index in [1.54, 1.807) is 31.2 Å². The van der Waals surface area contributed by atoms with Crippen molar-refractivity contribution in [3.05, 3.63) is 88.1 Å². The Kier molecular flexibility index (Phi) is 9.22. The van der Waals surface area contributed by atoms with Gasteiger partial charge in [0.2, 0.25) is 0 Å². The molecule has 0 radical (unpaired) electrons. The van der Waals surface area contributed by atoms with Gasteiger partial charge in [0.05, 0.1) is 24.8 Å². The number of aromatic nitrogens is 1. The van der Waals surface area contributed by atoms with Crippen LogP contribution in [0.3, 0.4) is 0 Å². The van der Waals surface area contributed by atoms with Crippen LogP contribution in [-0.2, 0) is 30.5 Å². The number of methoxy groups -OCH3 is 1. The summed E-state index contributed by atoms with van der Waals surface area (Å²) in [5.74, 6) is -2.36. The molecule has 0 saturated carbocycles. The maximum atomic E-state index is 13.0. The Hall–Kier alpha value is -4.84. The highest BCUT2D eigenvalue weighted by Gasteiger charge is 2.28. The Balaban J connectivity index is 1.94. The molecule has 0 unspecified atom stereocenters. The maximum Gasteiger partial charge on any atom is 0.341 e. The van der Waals surface area contributed by atoms with Crippen molar-refractivity contribution in [2.45, 2.75) is 20.0 Å². The van der Waals surface area contributed by atoms with E-state index in [-0.39, 0.29) is 41.8 Å². The molecule has 0 spiro atoms. The third-order valence-corrected chi connectivity index (χ3v) is 4.75. The van der Waals surface area contributed by atoms with Crippen molar-refractivity contribution >= 4 is 29.4 Å². The maximum absolute atomic E-state index is 13.0. The predicted octanol–water partition coefficient (Wildman–Crippen LogP) is 3.99. The molecule has 1 amide bonds. The molecule has 0 atom stereocenters. The van der Waals surface area contributed by atoms with E-state index < -0.39 is 29.2 Å². The number of hydrogen-bond donors (Lipinski definition) is 0. The number of nitro groups is 1. The van der Waals surface area contributed by atoms with Crippen LogP contribution in [0.4, 0.5) is 11.5 Å². The number of non-ortho nitro benzene ring substituents is 1. The van der Waals surface area contributed by atoms with Crippen LogP contribution in [0.1, 0.15) is 29.3 Å². The van der Waals surface area contributed by atoms with Crippen molar-refractivity contribution in [1.82, 2.24) is 4.98 Å². The zero-order valence-corrected chi connectivity index (χ0v) is 20.0. The number of hydroxylamine groups is 1. The summed E-state index contributed by atoms with van der Waals surface area (Å²) < 4.78 is 15.4. The van der Waals surface area contributed by atoms with Gasteiger partial charge in [0.25, 0.3) is 11.6 Å². The molecule has 37 heavy (non-hydrogen) atoms. The molecule has 0 aliphatic heterocycles. The van der Waals surface area contributed by atoms with Crippen LogP contribution in [-0.4, -0.2) is 41.5 Å². The number of amides is 1. The second-order valence-electron chi connectivity index (χ2n) is 7.32. The molecule has 12 heteroatoms. The number of carbonyl (C=O) groups excluding carboxylic acids is 3. The molecular formula is C25H23N3O9. The van der Waals surface area contributed by atoms with E-state index in [2.05, 4.69) is 4.98 Å².